The number of amides is 1. The van der Waals surface area contributed by atoms with Gasteiger partial charge in [-0.25, -0.2) is 12.8 Å². The van der Waals surface area contributed by atoms with Crippen molar-refractivity contribution in [3.8, 4) is 11.3 Å². The van der Waals surface area contributed by atoms with E-state index >= 15 is 0 Å². The van der Waals surface area contributed by atoms with Gasteiger partial charge in [0.25, 0.3) is 0 Å². The van der Waals surface area contributed by atoms with Crippen LogP contribution in [0.4, 0.5) is 10.1 Å². The Balaban J connectivity index is 1.69. The summed E-state index contributed by atoms with van der Waals surface area (Å²) in [6.45, 7) is 1.61. The quantitative estimate of drug-likeness (QED) is 0.582. The second kappa shape index (κ2) is 9.04. The minimum Gasteiger partial charge on any atom is -0.323 e. The van der Waals surface area contributed by atoms with Gasteiger partial charge < -0.3 is 5.32 Å². The fraction of sp³-hybridized carbons (Fsp3) is 0.182. The average molecular weight is 428 g/mol. The lowest BCUT2D eigenvalue weighted by Crippen LogP contribution is -2.09. The molecular weight excluding hydrogens is 405 g/mol. The summed E-state index contributed by atoms with van der Waals surface area (Å²) in [4.78, 5) is 12.3. The maximum Gasteiger partial charge on any atom is 0.248 e. The number of hydrogen-bond acceptors (Lipinski definition) is 4. The molecule has 6 nitrogen and oxygen atoms in total. The van der Waals surface area contributed by atoms with Crippen molar-refractivity contribution >= 4 is 27.5 Å². The van der Waals surface area contributed by atoms with E-state index in [-0.39, 0.29) is 23.2 Å². The molecular formula is C22H22FN3O3S. The lowest BCUT2D eigenvalue weighted by atomic mass is 10.1. The van der Waals surface area contributed by atoms with Crippen molar-refractivity contribution in [1.82, 2.24) is 9.78 Å². The van der Waals surface area contributed by atoms with E-state index in [1.807, 2.05) is 0 Å². The topological polar surface area (TPSA) is 81.1 Å². The summed E-state index contributed by atoms with van der Waals surface area (Å²) in [5.41, 5.74) is 3.51. The van der Waals surface area contributed by atoms with Gasteiger partial charge in [0.15, 0.2) is 9.84 Å². The molecule has 30 heavy (non-hydrogen) atoms. The SMILES string of the molecule is CCS(=O)(=O)Cc1ccc(NC(=O)/C=C/c2cnn(C)c2-c2ccc(F)cc2)cc1. The number of aromatic nitrogens is 2. The standard InChI is InChI=1S/C22H22FN3O3S/c1-3-30(28,29)15-16-4-11-20(12-5-16)25-21(27)13-8-18-14-24-26(2)22(18)17-6-9-19(23)10-7-17/h4-14H,3,15H2,1-2H3,(H,25,27)/b13-8+. The fourth-order valence-corrected chi connectivity index (χ4v) is 3.83. The zero-order valence-electron chi connectivity index (χ0n) is 16.7. The smallest absolute Gasteiger partial charge is 0.248 e. The van der Waals surface area contributed by atoms with Crippen LogP contribution in [0.15, 0.2) is 60.8 Å². The number of halogens is 1. The van der Waals surface area contributed by atoms with E-state index in [4.69, 9.17) is 0 Å². The van der Waals surface area contributed by atoms with Crippen molar-refractivity contribution in [1.29, 1.82) is 0 Å². The van der Waals surface area contributed by atoms with Crippen molar-refractivity contribution in [2.45, 2.75) is 12.7 Å². The third-order valence-corrected chi connectivity index (χ3v) is 6.20. The zero-order valence-corrected chi connectivity index (χ0v) is 17.5. The van der Waals surface area contributed by atoms with Crippen LogP contribution in [-0.2, 0) is 27.4 Å². The normalized spacial score (nSPS) is 11.7. The molecule has 3 rings (SSSR count). The van der Waals surface area contributed by atoms with E-state index in [0.717, 1.165) is 16.8 Å². The van der Waals surface area contributed by atoms with Gasteiger partial charge in [0.2, 0.25) is 5.91 Å². The third-order valence-electron chi connectivity index (χ3n) is 4.55. The predicted molar refractivity (Wildman–Crippen MR) is 116 cm³/mol. The van der Waals surface area contributed by atoms with Crippen LogP contribution < -0.4 is 5.32 Å². The number of nitrogens with zero attached hydrogens (tertiary/aromatic N) is 2. The number of sulfone groups is 1. The Morgan fingerprint density at radius 3 is 2.43 bits per heavy atom. The summed E-state index contributed by atoms with van der Waals surface area (Å²) < 4.78 is 38.2. The Morgan fingerprint density at radius 2 is 1.80 bits per heavy atom. The number of carbonyl (C=O) groups excluding carboxylic acids is 1. The molecule has 1 aromatic heterocycles. The van der Waals surface area contributed by atoms with Gasteiger partial charge in [-0.05, 0) is 48.0 Å². The molecule has 156 valence electrons. The van der Waals surface area contributed by atoms with E-state index < -0.39 is 9.84 Å². The highest BCUT2D eigenvalue weighted by molar-refractivity contribution is 7.90. The van der Waals surface area contributed by atoms with Crippen molar-refractivity contribution in [2.24, 2.45) is 7.05 Å². The molecule has 0 fully saturated rings. The first-order chi connectivity index (χ1) is 14.3. The van der Waals surface area contributed by atoms with Crippen molar-refractivity contribution < 1.29 is 17.6 Å². The van der Waals surface area contributed by atoms with Crippen LogP contribution in [0.25, 0.3) is 17.3 Å². The first-order valence-electron chi connectivity index (χ1n) is 9.34. The van der Waals surface area contributed by atoms with Gasteiger partial charge in [0, 0.05) is 35.7 Å². The molecule has 0 saturated heterocycles. The first-order valence-corrected chi connectivity index (χ1v) is 11.2. The molecule has 0 saturated carbocycles. The van der Waals surface area contributed by atoms with Crippen molar-refractivity contribution in [2.75, 3.05) is 11.1 Å². The minimum atomic E-state index is -3.10. The van der Waals surface area contributed by atoms with E-state index in [2.05, 4.69) is 10.4 Å². The highest BCUT2D eigenvalue weighted by Crippen LogP contribution is 2.24. The summed E-state index contributed by atoms with van der Waals surface area (Å²) in [5, 5.41) is 6.95. The molecule has 0 unspecified atom stereocenters. The molecule has 2 aromatic carbocycles. The largest absolute Gasteiger partial charge is 0.323 e. The van der Waals surface area contributed by atoms with Gasteiger partial charge in [-0.3, -0.25) is 9.48 Å². The molecule has 3 aromatic rings. The zero-order chi connectivity index (χ0) is 21.7. The number of hydrogen-bond donors (Lipinski definition) is 1. The summed E-state index contributed by atoms with van der Waals surface area (Å²) >= 11 is 0. The minimum absolute atomic E-state index is 0.0230. The molecule has 0 aliphatic rings. The Hall–Kier alpha value is -3.26. The Morgan fingerprint density at radius 1 is 1.13 bits per heavy atom. The van der Waals surface area contributed by atoms with Gasteiger partial charge in [-0.2, -0.15) is 5.10 Å². The molecule has 0 spiro atoms. The number of nitrogens with one attached hydrogen (secondary N) is 1. The van der Waals surface area contributed by atoms with E-state index in [0.29, 0.717) is 11.3 Å². The highest BCUT2D eigenvalue weighted by atomic mass is 32.2. The van der Waals surface area contributed by atoms with Gasteiger partial charge in [-0.15, -0.1) is 0 Å². The van der Waals surface area contributed by atoms with E-state index in [1.54, 1.807) is 67.3 Å². The van der Waals surface area contributed by atoms with Crippen molar-refractivity contribution in [3.63, 3.8) is 0 Å². The lowest BCUT2D eigenvalue weighted by Gasteiger charge is -2.06. The number of aryl methyl sites for hydroxylation is 1. The predicted octanol–water partition coefficient (Wildman–Crippen LogP) is 3.81. The van der Waals surface area contributed by atoms with Crippen LogP contribution in [0.3, 0.4) is 0 Å². The molecule has 1 N–H and O–H groups in total. The number of carbonyl (C=O) groups is 1. The molecule has 0 atom stereocenters. The maximum absolute atomic E-state index is 13.2. The molecule has 1 heterocycles. The first kappa shape index (κ1) is 21.4. The van der Waals surface area contributed by atoms with Crippen LogP contribution in [0.1, 0.15) is 18.1 Å². The third kappa shape index (κ3) is 5.42. The molecule has 0 aliphatic heterocycles. The van der Waals surface area contributed by atoms with E-state index in [1.165, 1.54) is 18.2 Å². The van der Waals surface area contributed by atoms with Crippen LogP contribution in [-0.4, -0.2) is 29.9 Å². The van der Waals surface area contributed by atoms with Crippen LogP contribution in [0, 0.1) is 5.82 Å². The van der Waals surface area contributed by atoms with Crippen LogP contribution in [0.2, 0.25) is 0 Å². The Kier molecular flexibility index (Phi) is 6.47. The molecule has 0 radical (unpaired) electrons. The highest BCUT2D eigenvalue weighted by Gasteiger charge is 2.10. The van der Waals surface area contributed by atoms with Gasteiger partial charge >= 0.3 is 0 Å². The summed E-state index contributed by atoms with van der Waals surface area (Å²) in [5.74, 6) is -0.594. The fourth-order valence-electron chi connectivity index (χ4n) is 2.93. The molecule has 1 amide bonds. The summed E-state index contributed by atoms with van der Waals surface area (Å²) in [7, 11) is -1.33. The summed E-state index contributed by atoms with van der Waals surface area (Å²) in [6.07, 6.45) is 4.66. The lowest BCUT2D eigenvalue weighted by molar-refractivity contribution is -0.111. The monoisotopic (exact) mass is 427 g/mol. The van der Waals surface area contributed by atoms with Gasteiger partial charge in [0.05, 0.1) is 17.6 Å². The van der Waals surface area contributed by atoms with Crippen LogP contribution in [0.5, 0.6) is 0 Å². The van der Waals surface area contributed by atoms with Gasteiger partial charge in [-0.1, -0.05) is 19.1 Å². The second-order valence-electron chi connectivity index (χ2n) is 6.78. The molecule has 8 heteroatoms. The Bertz CT molecular complexity index is 1170. The van der Waals surface area contributed by atoms with E-state index in [9.17, 15) is 17.6 Å². The van der Waals surface area contributed by atoms with Crippen molar-refractivity contribution in [3.05, 3.63) is 77.7 Å². The number of anilines is 1. The van der Waals surface area contributed by atoms with Crippen LogP contribution >= 0.6 is 0 Å². The number of rotatable bonds is 7. The van der Waals surface area contributed by atoms with Gasteiger partial charge in [0.1, 0.15) is 5.82 Å². The average Bonchev–Trinajstić information content (AvgIpc) is 3.09. The summed E-state index contributed by atoms with van der Waals surface area (Å²) in [6, 6.07) is 12.8. The maximum atomic E-state index is 13.2. The molecule has 0 bridgehead atoms. The second-order valence-corrected chi connectivity index (χ2v) is 9.13. The Labute approximate surface area is 175 Å². The number of benzene rings is 2. The molecule has 0 aliphatic carbocycles.